The van der Waals surface area contributed by atoms with Gasteiger partial charge in [-0.1, -0.05) is 60.7 Å². The second kappa shape index (κ2) is 9.94. The largest absolute Gasteiger partial charge is 0.481 e. The normalized spacial score (nSPS) is 11.8. The van der Waals surface area contributed by atoms with Gasteiger partial charge in [0, 0.05) is 17.5 Å². The number of aliphatic carboxylic acids is 1. The highest BCUT2D eigenvalue weighted by molar-refractivity contribution is 5.82. The Morgan fingerprint density at radius 2 is 1.76 bits per heavy atom. The molecule has 4 aromatic rings. The Morgan fingerprint density at radius 3 is 2.39 bits per heavy atom. The zero-order valence-electron chi connectivity index (χ0n) is 18.2. The van der Waals surface area contributed by atoms with Crippen LogP contribution in [-0.4, -0.2) is 34.6 Å². The molecule has 1 heterocycles. The number of benzene rings is 3. The van der Waals surface area contributed by atoms with E-state index >= 15 is 0 Å². The number of rotatable bonds is 8. The zero-order chi connectivity index (χ0) is 23.2. The molecule has 0 fully saturated rings. The van der Waals surface area contributed by atoms with Gasteiger partial charge >= 0.3 is 5.97 Å². The number of pyridine rings is 1. The van der Waals surface area contributed by atoms with Crippen LogP contribution in [0, 0.1) is 11.3 Å². The third-order valence-electron chi connectivity index (χ3n) is 5.47. The number of hydrogen-bond acceptors (Lipinski definition) is 5. The molecule has 1 N–H and O–H groups in total. The van der Waals surface area contributed by atoms with Crippen molar-refractivity contribution in [1.29, 1.82) is 5.26 Å². The molecule has 164 valence electrons. The minimum Gasteiger partial charge on any atom is -0.481 e. The second-order valence-electron chi connectivity index (χ2n) is 7.70. The van der Waals surface area contributed by atoms with E-state index in [0.717, 1.165) is 22.1 Å². The van der Waals surface area contributed by atoms with Crippen LogP contribution < -0.4 is 4.74 Å². The topological polar surface area (TPSA) is 86.5 Å². The van der Waals surface area contributed by atoms with E-state index in [2.05, 4.69) is 11.1 Å². The molecular formula is C27H23N3O3. The van der Waals surface area contributed by atoms with Crippen molar-refractivity contribution >= 4 is 16.9 Å². The molecule has 1 unspecified atom stereocenters. The lowest BCUT2D eigenvalue weighted by molar-refractivity contribution is -0.138. The lowest BCUT2D eigenvalue weighted by Gasteiger charge is -2.32. The van der Waals surface area contributed by atoms with Crippen LogP contribution in [0.4, 0.5) is 0 Å². The fraction of sp³-hybridized carbons (Fsp3) is 0.148. The predicted molar refractivity (Wildman–Crippen MR) is 126 cm³/mol. The van der Waals surface area contributed by atoms with Gasteiger partial charge in [0.15, 0.2) is 0 Å². The second-order valence-corrected chi connectivity index (χ2v) is 7.70. The molecule has 0 spiro atoms. The first-order valence-electron chi connectivity index (χ1n) is 10.5. The van der Waals surface area contributed by atoms with Crippen LogP contribution in [0.15, 0.2) is 84.9 Å². The Kier molecular flexibility index (Phi) is 6.63. The summed E-state index contributed by atoms with van der Waals surface area (Å²) in [6.07, 6.45) is 0. The molecule has 0 radical (unpaired) electrons. The number of aromatic nitrogens is 1. The van der Waals surface area contributed by atoms with E-state index in [1.165, 1.54) is 0 Å². The van der Waals surface area contributed by atoms with Gasteiger partial charge < -0.3 is 9.84 Å². The van der Waals surface area contributed by atoms with Crippen LogP contribution in [0.1, 0.15) is 28.3 Å². The number of carboxylic acid groups (broad SMARTS) is 1. The molecule has 3 aromatic carbocycles. The van der Waals surface area contributed by atoms with Crippen LogP contribution in [0.2, 0.25) is 0 Å². The highest BCUT2D eigenvalue weighted by Crippen LogP contribution is 2.36. The van der Waals surface area contributed by atoms with Gasteiger partial charge in [-0.25, -0.2) is 4.98 Å². The van der Waals surface area contributed by atoms with E-state index in [9.17, 15) is 15.2 Å². The van der Waals surface area contributed by atoms with Crippen molar-refractivity contribution in [3.63, 3.8) is 0 Å². The van der Waals surface area contributed by atoms with E-state index in [1.807, 2.05) is 71.6 Å². The minimum atomic E-state index is -0.925. The van der Waals surface area contributed by atoms with Gasteiger partial charge in [-0.05, 0) is 35.4 Å². The molecule has 0 saturated heterocycles. The van der Waals surface area contributed by atoms with Gasteiger partial charge in [0.1, 0.15) is 0 Å². The number of nitriles is 1. The lowest BCUT2D eigenvalue weighted by atomic mass is 9.95. The van der Waals surface area contributed by atoms with Gasteiger partial charge in [-0.3, -0.25) is 9.69 Å². The smallest absolute Gasteiger partial charge is 0.317 e. The first-order valence-corrected chi connectivity index (χ1v) is 10.5. The van der Waals surface area contributed by atoms with Gasteiger partial charge in [0.2, 0.25) is 5.88 Å². The Labute approximate surface area is 192 Å². The Balaban J connectivity index is 1.91. The Bertz CT molecular complexity index is 1300. The van der Waals surface area contributed by atoms with E-state index in [0.29, 0.717) is 23.5 Å². The van der Waals surface area contributed by atoms with Gasteiger partial charge in [-0.15, -0.1) is 0 Å². The first kappa shape index (κ1) is 22.0. The third kappa shape index (κ3) is 5.00. The summed E-state index contributed by atoms with van der Waals surface area (Å²) in [6.45, 7) is 0.250. The average molecular weight is 437 g/mol. The molecule has 0 aliphatic carbocycles. The summed E-state index contributed by atoms with van der Waals surface area (Å²) < 4.78 is 5.67. The summed E-state index contributed by atoms with van der Waals surface area (Å²) in [7, 11) is 1.56. The molecule has 1 aromatic heterocycles. The SMILES string of the molecule is COc1nc2ccc(C#N)cc2cc1C(c1ccccc1)N(CC(=O)O)Cc1ccccc1. The number of carbonyl (C=O) groups is 1. The summed E-state index contributed by atoms with van der Waals surface area (Å²) in [4.78, 5) is 18.5. The lowest BCUT2D eigenvalue weighted by Crippen LogP contribution is -2.34. The summed E-state index contributed by atoms with van der Waals surface area (Å²) in [5.41, 5.74) is 3.89. The van der Waals surface area contributed by atoms with Gasteiger partial charge in [-0.2, -0.15) is 5.26 Å². The highest BCUT2D eigenvalue weighted by atomic mass is 16.5. The van der Waals surface area contributed by atoms with Crippen molar-refractivity contribution in [2.24, 2.45) is 0 Å². The fourth-order valence-corrected chi connectivity index (χ4v) is 4.06. The van der Waals surface area contributed by atoms with E-state index in [1.54, 1.807) is 25.3 Å². The van der Waals surface area contributed by atoms with Gasteiger partial charge in [0.05, 0.1) is 36.8 Å². The summed E-state index contributed by atoms with van der Waals surface area (Å²) in [5.74, 6) is -0.504. The van der Waals surface area contributed by atoms with E-state index < -0.39 is 12.0 Å². The number of nitrogens with zero attached hydrogens (tertiary/aromatic N) is 3. The van der Waals surface area contributed by atoms with Crippen molar-refractivity contribution in [3.8, 4) is 11.9 Å². The molecule has 0 amide bonds. The molecular weight excluding hydrogens is 414 g/mol. The molecule has 0 aliphatic rings. The molecule has 0 saturated carbocycles. The predicted octanol–water partition coefficient (Wildman–Crippen LogP) is 4.79. The molecule has 4 rings (SSSR count). The number of carboxylic acids is 1. The zero-order valence-corrected chi connectivity index (χ0v) is 18.2. The number of fused-ring (bicyclic) bond motifs is 1. The van der Waals surface area contributed by atoms with Crippen LogP contribution in [-0.2, 0) is 11.3 Å². The van der Waals surface area contributed by atoms with Crippen LogP contribution >= 0.6 is 0 Å². The number of hydrogen-bond donors (Lipinski definition) is 1. The maximum atomic E-state index is 11.9. The van der Waals surface area contributed by atoms with E-state index in [4.69, 9.17) is 4.74 Å². The van der Waals surface area contributed by atoms with Crippen molar-refractivity contribution in [1.82, 2.24) is 9.88 Å². The average Bonchev–Trinajstić information content (AvgIpc) is 2.84. The van der Waals surface area contributed by atoms with Crippen LogP contribution in [0.25, 0.3) is 10.9 Å². The standard InChI is InChI=1S/C27H23N3O3/c1-33-27-23(15-22-14-20(16-28)12-13-24(22)29-27)26(21-10-6-3-7-11-21)30(18-25(31)32)17-19-8-4-2-5-9-19/h2-15,26H,17-18H2,1H3,(H,31,32). The Morgan fingerprint density at radius 1 is 1.06 bits per heavy atom. The highest BCUT2D eigenvalue weighted by Gasteiger charge is 2.28. The number of ether oxygens (including phenoxy) is 1. The van der Waals surface area contributed by atoms with Gasteiger partial charge in [0.25, 0.3) is 0 Å². The monoisotopic (exact) mass is 437 g/mol. The molecule has 1 atom stereocenters. The van der Waals surface area contributed by atoms with Crippen LogP contribution in [0.5, 0.6) is 5.88 Å². The van der Waals surface area contributed by atoms with Crippen LogP contribution in [0.3, 0.4) is 0 Å². The number of methoxy groups -OCH3 is 1. The maximum absolute atomic E-state index is 11.9. The molecule has 0 bridgehead atoms. The van der Waals surface area contributed by atoms with Crippen molar-refractivity contribution in [2.45, 2.75) is 12.6 Å². The van der Waals surface area contributed by atoms with E-state index in [-0.39, 0.29) is 6.54 Å². The first-order chi connectivity index (χ1) is 16.1. The van der Waals surface area contributed by atoms with Crippen molar-refractivity contribution in [2.75, 3.05) is 13.7 Å². The molecule has 6 heteroatoms. The summed E-state index contributed by atoms with van der Waals surface area (Å²) in [6, 6.07) is 28.5. The van der Waals surface area contributed by atoms with Crippen molar-refractivity contribution < 1.29 is 14.6 Å². The fourth-order valence-electron chi connectivity index (χ4n) is 4.06. The molecule has 33 heavy (non-hydrogen) atoms. The summed E-state index contributed by atoms with van der Waals surface area (Å²) in [5, 5.41) is 19.9. The summed E-state index contributed by atoms with van der Waals surface area (Å²) >= 11 is 0. The molecule has 0 aliphatic heterocycles. The third-order valence-corrected chi connectivity index (χ3v) is 5.47. The maximum Gasteiger partial charge on any atom is 0.317 e. The quantitative estimate of drug-likeness (QED) is 0.426. The molecule has 6 nitrogen and oxygen atoms in total. The minimum absolute atomic E-state index is 0.173. The van der Waals surface area contributed by atoms with Crippen molar-refractivity contribution in [3.05, 3.63) is 107 Å². The Hall–Kier alpha value is -4.21.